The third-order valence-electron chi connectivity index (χ3n) is 3.78. The molecule has 0 bridgehead atoms. The second kappa shape index (κ2) is 8.51. The average Bonchev–Trinajstić information content (AvgIpc) is 2.68. The highest BCUT2D eigenvalue weighted by Crippen LogP contribution is 2.24. The molecule has 0 heterocycles. The first-order valence-electron chi connectivity index (χ1n) is 8.12. The Labute approximate surface area is 164 Å². The molecule has 5 nitrogen and oxygen atoms in total. The number of carbonyl (C=O) groups is 2. The van der Waals surface area contributed by atoms with E-state index in [1.54, 1.807) is 42.5 Å². The minimum absolute atomic E-state index is 0.233. The Morgan fingerprint density at radius 2 is 1.67 bits per heavy atom. The van der Waals surface area contributed by atoms with Crippen molar-refractivity contribution in [3.8, 4) is 11.5 Å². The van der Waals surface area contributed by atoms with E-state index >= 15 is 0 Å². The van der Waals surface area contributed by atoms with Gasteiger partial charge in [0.2, 0.25) is 5.91 Å². The number of rotatable bonds is 6. The van der Waals surface area contributed by atoms with Gasteiger partial charge in [-0.2, -0.15) is 0 Å². The first-order chi connectivity index (χ1) is 13.0. The number of esters is 1. The van der Waals surface area contributed by atoms with Crippen molar-refractivity contribution >= 4 is 27.8 Å². The number of para-hydroxylation sites is 1. The molecule has 3 rings (SSSR count). The van der Waals surface area contributed by atoms with E-state index in [2.05, 4.69) is 15.9 Å². The first-order valence-corrected chi connectivity index (χ1v) is 8.91. The van der Waals surface area contributed by atoms with Gasteiger partial charge in [0.05, 0.1) is 0 Å². The summed E-state index contributed by atoms with van der Waals surface area (Å²) in [6, 6.07) is 20.6. The first kappa shape index (κ1) is 18.7. The Morgan fingerprint density at radius 1 is 0.926 bits per heavy atom. The number of hydrogen-bond donors (Lipinski definition) is 1. The van der Waals surface area contributed by atoms with Crippen LogP contribution in [0.15, 0.2) is 77.3 Å². The summed E-state index contributed by atoms with van der Waals surface area (Å²) in [7, 11) is 0. The van der Waals surface area contributed by atoms with Crippen LogP contribution in [-0.2, 0) is 6.61 Å². The topological polar surface area (TPSA) is 78.6 Å². The van der Waals surface area contributed by atoms with Crippen molar-refractivity contribution in [2.24, 2.45) is 5.73 Å². The van der Waals surface area contributed by atoms with Crippen LogP contribution < -0.4 is 15.2 Å². The average molecular weight is 426 g/mol. The van der Waals surface area contributed by atoms with Crippen molar-refractivity contribution in [1.29, 1.82) is 0 Å². The van der Waals surface area contributed by atoms with Crippen molar-refractivity contribution in [3.63, 3.8) is 0 Å². The zero-order valence-corrected chi connectivity index (χ0v) is 15.8. The predicted molar refractivity (Wildman–Crippen MR) is 105 cm³/mol. The van der Waals surface area contributed by atoms with Gasteiger partial charge >= 0.3 is 5.97 Å². The van der Waals surface area contributed by atoms with Gasteiger partial charge in [-0.15, -0.1) is 0 Å². The Balaban J connectivity index is 1.77. The number of amides is 1. The maximum atomic E-state index is 12.6. The lowest BCUT2D eigenvalue weighted by Gasteiger charge is -2.12. The zero-order valence-electron chi connectivity index (χ0n) is 14.2. The maximum absolute atomic E-state index is 12.6. The van der Waals surface area contributed by atoms with E-state index in [0.29, 0.717) is 12.4 Å². The second-order valence-electron chi connectivity index (χ2n) is 5.66. The number of ether oxygens (including phenoxy) is 2. The standard InChI is InChI=1S/C21H16BrNO4/c22-18-10-3-1-6-15(18)13-26-19-11-4-2-9-17(19)21(25)27-16-8-5-7-14(12-16)20(23)24/h1-12H,13H2,(H2,23,24). The molecule has 2 N–H and O–H groups in total. The van der Waals surface area contributed by atoms with Gasteiger partial charge in [0.15, 0.2) is 0 Å². The summed E-state index contributed by atoms with van der Waals surface area (Å²) < 4.78 is 12.1. The normalized spacial score (nSPS) is 10.3. The molecule has 0 atom stereocenters. The van der Waals surface area contributed by atoms with Crippen molar-refractivity contribution in [2.45, 2.75) is 6.61 Å². The van der Waals surface area contributed by atoms with Gasteiger partial charge in [-0.25, -0.2) is 4.79 Å². The summed E-state index contributed by atoms with van der Waals surface area (Å²) in [5.41, 5.74) is 6.75. The summed E-state index contributed by atoms with van der Waals surface area (Å²) in [4.78, 5) is 23.8. The van der Waals surface area contributed by atoms with Crippen LogP contribution in [0.4, 0.5) is 0 Å². The minimum atomic E-state index is -0.593. The van der Waals surface area contributed by atoms with E-state index in [1.807, 2.05) is 24.3 Å². The number of hydrogen-bond acceptors (Lipinski definition) is 4. The molecule has 0 saturated carbocycles. The molecule has 0 radical (unpaired) electrons. The Hall–Kier alpha value is -3.12. The summed E-state index contributed by atoms with van der Waals surface area (Å²) >= 11 is 3.47. The molecule has 0 spiro atoms. The highest BCUT2D eigenvalue weighted by molar-refractivity contribution is 9.10. The van der Waals surface area contributed by atoms with E-state index in [4.69, 9.17) is 15.2 Å². The highest BCUT2D eigenvalue weighted by Gasteiger charge is 2.15. The number of halogens is 1. The van der Waals surface area contributed by atoms with Crippen molar-refractivity contribution in [2.75, 3.05) is 0 Å². The fraction of sp³-hybridized carbons (Fsp3) is 0.0476. The summed E-state index contributed by atoms with van der Waals surface area (Å²) in [6.07, 6.45) is 0. The largest absolute Gasteiger partial charge is 0.488 e. The number of primary amides is 1. The molecule has 3 aromatic carbocycles. The molecule has 0 aliphatic carbocycles. The van der Waals surface area contributed by atoms with Gasteiger partial charge in [-0.1, -0.05) is 52.3 Å². The Kier molecular flexibility index (Phi) is 5.88. The molecule has 0 aliphatic rings. The van der Waals surface area contributed by atoms with E-state index in [1.165, 1.54) is 6.07 Å². The van der Waals surface area contributed by atoms with E-state index < -0.39 is 11.9 Å². The van der Waals surface area contributed by atoms with Crippen LogP contribution in [0.2, 0.25) is 0 Å². The predicted octanol–water partition coefficient (Wildman–Crippen LogP) is 4.35. The smallest absolute Gasteiger partial charge is 0.347 e. The van der Waals surface area contributed by atoms with Crippen LogP contribution in [0.3, 0.4) is 0 Å². The van der Waals surface area contributed by atoms with Gasteiger partial charge in [0.1, 0.15) is 23.7 Å². The third kappa shape index (κ3) is 4.74. The van der Waals surface area contributed by atoms with Gasteiger partial charge in [0, 0.05) is 15.6 Å². The number of benzene rings is 3. The molecule has 0 unspecified atom stereocenters. The lowest BCUT2D eigenvalue weighted by molar-refractivity contribution is 0.0728. The molecule has 1 amide bonds. The molecular formula is C21H16BrNO4. The lowest BCUT2D eigenvalue weighted by Crippen LogP contribution is -2.13. The molecule has 0 aromatic heterocycles. The number of carbonyl (C=O) groups excluding carboxylic acids is 2. The molecular weight excluding hydrogens is 410 g/mol. The Bertz CT molecular complexity index is 987. The Morgan fingerprint density at radius 3 is 2.44 bits per heavy atom. The van der Waals surface area contributed by atoms with Crippen LogP contribution >= 0.6 is 15.9 Å². The van der Waals surface area contributed by atoms with E-state index in [-0.39, 0.29) is 16.9 Å². The van der Waals surface area contributed by atoms with Crippen LogP contribution in [-0.4, -0.2) is 11.9 Å². The van der Waals surface area contributed by atoms with Gasteiger partial charge < -0.3 is 15.2 Å². The fourth-order valence-corrected chi connectivity index (χ4v) is 2.81. The summed E-state index contributed by atoms with van der Waals surface area (Å²) in [6.45, 7) is 0.295. The van der Waals surface area contributed by atoms with Crippen LogP contribution in [0.5, 0.6) is 11.5 Å². The highest BCUT2D eigenvalue weighted by atomic mass is 79.9. The second-order valence-corrected chi connectivity index (χ2v) is 6.51. The fourth-order valence-electron chi connectivity index (χ4n) is 2.41. The molecule has 0 fully saturated rings. The molecule has 27 heavy (non-hydrogen) atoms. The monoisotopic (exact) mass is 425 g/mol. The van der Waals surface area contributed by atoms with Gasteiger partial charge in [0.25, 0.3) is 0 Å². The van der Waals surface area contributed by atoms with E-state index in [0.717, 1.165) is 10.0 Å². The zero-order chi connectivity index (χ0) is 19.2. The third-order valence-corrected chi connectivity index (χ3v) is 4.55. The van der Waals surface area contributed by atoms with Crippen LogP contribution in [0, 0.1) is 0 Å². The van der Waals surface area contributed by atoms with Crippen molar-refractivity contribution < 1.29 is 19.1 Å². The van der Waals surface area contributed by atoms with Crippen LogP contribution in [0.1, 0.15) is 26.3 Å². The quantitative estimate of drug-likeness (QED) is 0.470. The van der Waals surface area contributed by atoms with E-state index in [9.17, 15) is 9.59 Å². The molecule has 136 valence electrons. The summed E-state index contributed by atoms with van der Waals surface area (Å²) in [5.74, 6) is -0.536. The minimum Gasteiger partial charge on any atom is -0.488 e. The lowest BCUT2D eigenvalue weighted by atomic mass is 10.2. The molecule has 3 aromatic rings. The van der Waals surface area contributed by atoms with Gasteiger partial charge in [-0.3, -0.25) is 4.79 Å². The van der Waals surface area contributed by atoms with Crippen molar-refractivity contribution in [3.05, 3.63) is 94.0 Å². The summed E-state index contributed by atoms with van der Waals surface area (Å²) in [5, 5.41) is 0. The van der Waals surface area contributed by atoms with Gasteiger partial charge in [-0.05, 0) is 36.4 Å². The number of nitrogens with two attached hydrogens (primary N) is 1. The maximum Gasteiger partial charge on any atom is 0.347 e. The van der Waals surface area contributed by atoms with Crippen LogP contribution in [0.25, 0.3) is 0 Å². The molecule has 6 heteroatoms. The SMILES string of the molecule is NC(=O)c1cccc(OC(=O)c2ccccc2OCc2ccccc2Br)c1. The molecule has 0 aliphatic heterocycles. The molecule has 0 saturated heterocycles. The van der Waals surface area contributed by atoms with Crippen molar-refractivity contribution in [1.82, 2.24) is 0 Å².